The minimum absolute atomic E-state index is 0.0779. The van der Waals surface area contributed by atoms with E-state index in [-0.39, 0.29) is 18.1 Å². The molecule has 0 fully saturated rings. The number of hydrogen-bond donors (Lipinski definition) is 0. The van der Waals surface area contributed by atoms with Gasteiger partial charge in [-0.25, -0.2) is 8.42 Å². The second-order valence-electron chi connectivity index (χ2n) is 3.02. The Hall–Kier alpha value is -0.300. The summed E-state index contributed by atoms with van der Waals surface area (Å²) in [4.78, 5) is 0. The van der Waals surface area contributed by atoms with Gasteiger partial charge in [-0.2, -0.15) is 0 Å². The molecule has 0 unspecified atom stereocenters. The van der Waals surface area contributed by atoms with E-state index in [2.05, 4.69) is 22.6 Å². The molecule has 0 spiro atoms. The van der Waals surface area contributed by atoms with Crippen LogP contribution in [0.5, 0.6) is 5.75 Å². The van der Waals surface area contributed by atoms with Crippen LogP contribution in [0.4, 0.5) is 0 Å². The van der Waals surface area contributed by atoms with Crippen LogP contribution in [0.2, 0.25) is 0 Å². The van der Waals surface area contributed by atoms with Crippen LogP contribution in [0.15, 0.2) is 24.3 Å². The van der Waals surface area contributed by atoms with E-state index in [1.807, 2.05) is 24.3 Å². The Labute approximate surface area is 104 Å². The average Bonchev–Trinajstić information content (AvgIpc) is 2.21. The first-order chi connectivity index (χ1) is 7.05. The zero-order valence-corrected chi connectivity index (χ0v) is 11.4. The maximum absolute atomic E-state index is 11.2. The van der Waals surface area contributed by atoms with E-state index in [0.717, 1.165) is 9.32 Å². The predicted molar refractivity (Wildman–Crippen MR) is 69.0 cm³/mol. The third-order valence-corrected chi connectivity index (χ3v) is 4.49. The molecular weight excluding hydrogens is 327 g/mol. The lowest BCUT2D eigenvalue weighted by Gasteiger charge is -2.07. The zero-order valence-electron chi connectivity index (χ0n) is 8.44. The Morgan fingerprint density at radius 3 is 2.60 bits per heavy atom. The summed E-state index contributed by atoms with van der Waals surface area (Å²) < 4.78 is 28.8. The first-order valence-electron chi connectivity index (χ1n) is 4.63. The molecule has 0 saturated heterocycles. The quantitative estimate of drug-likeness (QED) is 0.771. The summed E-state index contributed by atoms with van der Waals surface area (Å²) in [6.07, 6.45) is 0. The van der Waals surface area contributed by atoms with Gasteiger partial charge in [0.05, 0.1) is 9.32 Å². The summed E-state index contributed by atoms with van der Waals surface area (Å²) in [6, 6.07) is 7.54. The normalized spacial score (nSPS) is 11.3. The molecule has 84 valence electrons. The molecule has 0 aliphatic heterocycles. The minimum Gasteiger partial charge on any atom is -0.491 e. The Kier molecular flexibility index (Phi) is 4.85. The van der Waals surface area contributed by atoms with Gasteiger partial charge in [-0.05, 0) is 34.7 Å². The molecular formula is C10H13IO3S. The van der Waals surface area contributed by atoms with E-state index in [4.69, 9.17) is 4.74 Å². The lowest BCUT2D eigenvalue weighted by Crippen LogP contribution is -2.15. The molecule has 0 bridgehead atoms. The highest BCUT2D eigenvalue weighted by atomic mass is 127. The van der Waals surface area contributed by atoms with Gasteiger partial charge in [-0.3, -0.25) is 0 Å². The first-order valence-corrected chi connectivity index (χ1v) is 7.53. The van der Waals surface area contributed by atoms with Gasteiger partial charge in [-0.15, -0.1) is 0 Å². The summed E-state index contributed by atoms with van der Waals surface area (Å²) in [5.74, 6) is 0.987. The van der Waals surface area contributed by atoms with E-state index in [0.29, 0.717) is 0 Å². The van der Waals surface area contributed by atoms with Gasteiger partial charge in [0.1, 0.15) is 12.4 Å². The highest BCUT2D eigenvalue weighted by Gasteiger charge is 2.07. The van der Waals surface area contributed by atoms with Gasteiger partial charge in [0.2, 0.25) is 0 Å². The summed E-state index contributed by atoms with van der Waals surface area (Å²) in [6.45, 7) is 1.86. The number of hydrogen-bond acceptors (Lipinski definition) is 3. The Balaban J connectivity index is 2.49. The second-order valence-corrected chi connectivity index (χ2v) is 6.65. The fourth-order valence-corrected chi connectivity index (χ4v) is 2.15. The number of sulfone groups is 1. The SMILES string of the molecule is CCS(=O)(=O)CCOc1ccccc1I. The Morgan fingerprint density at radius 2 is 2.00 bits per heavy atom. The molecule has 1 aromatic carbocycles. The Morgan fingerprint density at radius 1 is 1.33 bits per heavy atom. The van der Waals surface area contributed by atoms with Crippen LogP contribution in [-0.2, 0) is 9.84 Å². The monoisotopic (exact) mass is 340 g/mol. The van der Waals surface area contributed by atoms with Crippen LogP contribution in [0.25, 0.3) is 0 Å². The van der Waals surface area contributed by atoms with Crippen molar-refractivity contribution in [3.8, 4) is 5.75 Å². The maximum Gasteiger partial charge on any atom is 0.153 e. The van der Waals surface area contributed by atoms with Crippen molar-refractivity contribution in [3.05, 3.63) is 27.8 Å². The molecule has 0 saturated carbocycles. The molecule has 0 atom stereocenters. The largest absolute Gasteiger partial charge is 0.491 e. The van der Waals surface area contributed by atoms with Crippen molar-refractivity contribution < 1.29 is 13.2 Å². The molecule has 0 aliphatic carbocycles. The lowest BCUT2D eigenvalue weighted by molar-refractivity contribution is 0.338. The predicted octanol–water partition coefficient (Wildman–Crippen LogP) is 2.10. The molecule has 1 rings (SSSR count). The van der Waals surface area contributed by atoms with Crippen LogP contribution in [0.3, 0.4) is 0 Å². The van der Waals surface area contributed by atoms with Gasteiger partial charge in [0.25, 0.3) is 0 Å². The van der Waals surface area contributed by atoms with Gasteiger partial charge in [0.15, 0.2) is 9.84 Å². The van der Waals surface area contributed by atoms with Gasteiger partial charge in [-0.1, -0.05) is 19.1 Å². The molecule has 0 aromatic heterocycles. The van der Waals surface area contributed by atoms with E-state index >= 15 is 0 Å². The second kappa shape index (κ2) is 5.69. The number of ether oxygens (including phenoxy) is 1. The summed E-state index contributed by atoms with van der Waals surface area (Å²) in [5.41, 5.74) is 0. The van der Waals surface area contributed by atoms with Crippen molar-refractivity contribution in [2.75, 3.05) is 18.1 Å². The van der Waals surface area contributed by atoms with E-state index < -0.39 is 9.84 Å². The lowest BCUT2D eigenvalue weighted by atomic mass is 10.3. The van der Waals surface area contributed by atoms with Crippen molar-refractivity contribution in [2.24, 2.45) is 0 Å². The van der Waals surface area contributed by atoms with Crippen molar-refractivity contribution in [1.82, 2.24) is 0 Å². The fourth-order valence-electron chi connectivity index (χ4n) is 0.985. The molecule has 1 aromatic rings. The van der Waals surface area contributed by atoms with Crippen LogP contribution >= 0.6 is 22.6 Å². The molecule has 15 heavy (non-hydrogen) atoms. The highest BCUT2D eigenvalue weighted by Crippen LogP contribution is 2.19. The van der Waals surface area contributed by atoms with E-state index in [9.17, 15) is 8.42 Å². The molecule has 0 heterocycles. The molecule has 5 heteroatoms. The van der Waals surface area contributed by atoms with Crippen molar-refractivity contribution in [1.29, 1.82) is 0 Å². The highest BCUT2D eigenvalue weighted by molar-refractivity contribution is 14.1. The fraction of sp³-hybridized carbons (Fsp3) is 0.400. The molecule has 0 aliphatic rings. The number of benzene rings is 1. The number of para-hydroxylation sites is 1. The van der Waals surface area contributed by atoms with Crippen molar-refractivity contribution in [3.63, 3.8) is 0 Å². The molecule has 0 N–H and O–H groups in total. The van der Waals surface area contributed by atoms with Crippen LogP contribution in [0.1, 0.15) is 6.92 Å². The summed E-state index contributed by atoms with van der Waals surface area (Å²) in [5, 5.41) is 0. The maximum atomic E-state index is 11.2. The van der Waals surface area contributed by atoms with Gasteiger partial charge < -0.3 is 4.74 Å². The Bertz CT molecular complexity index is 414. The number of halogens is 1. The minimum atomic E-state index is -2.93. The third-order valence-electron chi connectivity index (χ3n) is 1.93. The smallest absolute Gasteiger partial charge is 0.153 e. The molecule has 0 amide bonds. The average molecular weight is 340 g/mol. The summed E-state index contributed by atoms with van der Waals surface area (Å²) in [7, 11) is -2.93. The zero-order chi connectivity index (χ0) is 11.3. The topological polar surface area (TPSA) is 43.4 Å². The van der Waals surface area contributed by atoms with Crippen LogP contribution in [0, 0.1) is 3.57 Å². The van der Waals surface area contributed by atoms with Gasteiger partial charge >= 0.3 is 0 Å². The van der Waals surface area contributed by atoms with E-state index in [1.165, 1.54) is 0 Å². The van der Waals surface area contributed by atoms with Crippen LogP contribution < -0.4 is 4.74 Å². The van der Waals surface area contributed by atoms with Crippen LogP contribution in [-0.4, -0.2) is 26.5 Å². The van der Waals surface area contributed by atoms with Gasteiger partial charge in [0, 0.05) is 5.75 Å². The summed E-state index contributed by atoms with van der Waals surface area (Å²) >= 11 is 2.16. The first kappa shape index (κ1) is 12.8. The molecule has 0 radical (unpaired) electrons. The molecule has 3 nitrogen and oxygen atoms in total. The van der Waals surface area contributed by atoms with Crippen molar-refractivity contribution >= 4 is 32.4 Å². The van der Waals surface area contributed by atoms with Crippen molar-refractivity contribution in [2.45, 2.75) is 6.92 Å². The third kappa shape index (κ3) is 4.38. The number of rotatable bonds is 5. The standard InChI is InChI=1S/C10H13IO3S/c1-2-15(12,13)8-7-14-10-6-4-3-5-9(10)11/h3-6H,2,7-8H2,1H3. The van der Waals surface area contributed by atoms with E-state index in [1.54, 1.807) is 6.92 Å².